The van der Waals surface area contributed by atoms with Gasteiger partial charge in [-0.05, 0) is 31.5 Å². The molecule has 2 heterocycles. The standard InChI is InChI=1S/C19H18F5N3O3/c1-11-5-14(7-15(27-11)6-12(2)28)17(29)26-9-13-3-4-16(25-8-13)30-10-18(20,21)19(22,23)24/h3-5,7-8H,6,9-10H2,1-2H3,(H,26,29). The molecule has 0 bridgehead atoms. The summed E-state index contributed by atoms with van der Waals surface area (Å²) in [7, 11) is 0. The fraction of sp³-hybridized carbons (Fsp3) is 0.368. The van der Waals surface area contributed by atoms with Crippen molar-refractivity contribution in [2.24, 2.45) is 0 Å². The first-order valence-electron chi connectivity index (χ1n) is 8.65. The Bertz CT molecular complexity index is 915. The van der Waals surface area contributed by atoms with Gasteiger partial charge >= 0.3 is 12.1 Å². The number of alkyl halides is 5. The summed E-state index contributed by atoms with van der Waals surface area (Å²) < 4.78 is 66.4. The van der Waals surface area contributed by atoms with Crippen molar-refractivity contribution in [3.8, 4) is 5.88 Å². The molecule has 0 aliphatic heterocycles. The first-order valence-corrected chi connectivity index (χ1v) is 8.65. The Morgan fingerprint density at radius 2 is 1.83 bits per heavy atom. The number of carbonyl (C=O) groups excluding carboxylic acids is 2. The largest absolute Gasteiger partial charge is 0.471 e. The molecule has 1 amide bonds. The SMILES string of the molecule is CC(=O)Cc1cc(C(=O)NCc2ccc(OCC(F)(F)C(F)(F)F)nc2)cc(C)n1. The van der Waals surface area contributed by atoms with Crippen LogP contribution >= 0.6 is 0 Å². The van der Waals surface area contributed by atoms with Gasteiger partial charge in [0.25, 0.3) is 5.91 Å². The second kappa shape index (κ2) is 9.14. The summed E-state index contributed by atoms with van der Waals surface area (Å²) in [5.41, 5.74) is 1.80. The lowest BCUT2D eigenvalue weighted by Crippen LogP contribution is -2.41. The summed E-state index contributed by atoms with van der Waals surface area (Å²) >= 11 is 0. The van der Waals surface area contributed by atoms with Gasteiger partial charge in [0, 0.05) is 42.2 Å². The highest BCUT2D eigenvalue weighted by Crippen LogP contribution is 2.35. The number of pyridine rings is 2. The van der Waals surface area contributed by atoms with E-state index in [1.165, 1.54) is 25.3 Å². The lowest BCUT2D eigenvalue weighted by Gasteiger charge is -2.19. The van der Waals surface area contributed by atoms with Crippen molar-refractivity contribution in [2.75, 3.05) is 6.61 Å². The van der Waals surface area contributed by atoms with Crippen LogP contribution in [0.15, 0.2) is 30.5 Å². The fourth-order valence-corrected chi connectivity index (χ4v) is 2.35. The predicted molar refractivity (Wildman–Crippen MR) is 95.3 cm³/mol. The highest BCUT2D eigenvalue weighted by atomic mass is 19.4. The van der Waals surface area contributed by atoms with Crippen LogP contribution in [-0.4, -0.2) is 40.4 Å². The molecule has 11 heteroatoms. The molecule has 2 aromatic rings. The van der Waals surface area contributed by atoms with Crippen molar-refractivity contribution in [3.05, 3.63) is 53.0 Å². The van der Waals surface area contributed by atoms with Crippen LogP contribution in [0.25, 0.3) is 0 Å². The van der Waals surface area contributed by atoms with Gasteiger partial charge in [0.1, 0.15) is 5.78 Å². The van der Waals surface area contributed by atoms with E-state index in [9.17, 15) is 31.5 Å². The molecule has 0 unspecified atom stereocenters. The van der Waals surface area contributed by atoms with E-state index < -0.39 is 30.5 Å². The first-order chi connectivity index (χ1) is 13.9. The average Bonchev–Trinajstić information content (AvgIpc) is 2.63. The van der Waals surface area contributed by atoms with Gasteiger partial charge in [-0.25, -0.2) is 4.98 Å². The van der Waals surface area contributed by atoms with Crippen LogP contribution in [0.5, 0.6) is 5.88 Å². The maximum Gasteiger partial charge on any atom is 0.456 e. The number of nitrogens with one attached hydrogen (secondary N) is 1. The van der Waals surface area contributed by atoms with E-state index in [4.69, 9.17) is 0 Å². The Hall–Kier alpha value is -3.11. The Balaban J connectivity index is 1.94. The number of carbonyl (C=O) groups is 2. The molecule has 0 aromatic carbocycles. The number of halogens is 5. The molecular weight excluding hydrogens is 413 g/mol. The number of ether oxygens (including phenoxy) is 1. The van der Waals surface area contributed by atoms with E-state index in [0.717, 1.165) is 6.07 Å². The van der Waals surface area contributed by atoms with Gasteiger partial charge in [-0.15, -0.1) is 0 Å². The van der Waals surface area contributed by atoms with Crippen LogP contribution in [0.4, 0.5) is 22.0 Å². The van der Waals surface area contributed by atoms with Gasteiger partial charge in [-0.3, -0.25) is 14.6 Å². The molecule has 0 atom stereocenters. The third kappa shape index (κ3) is 6.46. The molecule has 0 aliphatic rings. The minimum Gasteiger partial charge on any atom is -0.471 e. The Labute approximate surface area is 168 Å². The number of hydrogen-bond acceptors (Lipinski definition) is 5. The molecule has 0 spiro atoms. The number of amides is 1. The number of ketones is 1. The molecule has 0 saturated heterocycles. The van der Waals surface area contributed by atoms with E-state index in [-0.39, 0.29) is 18.7 Å². The number of rotatable bonds is 8. The molecule has 2 aromatic heterocycles. The van der Waals surface area contributed by atoms with Gasteiger partial charge < -0.3 is 10.1 Å². The number of aryl methyl sites for hydroxylation is 1. The summed E-state index contributed by atoms with van der Waals surface area (Å²) in [5.74, 6) is -5.94. The van der Waals surface area contributed by atoms with Crippen molar-refractivity contribution in [1.82, 2.24) is 15.3 Å². The average molecular weight is 431 g/mol. The van der Waals surface area contributed by atoms with Crippen molar-refractivity contribution >= 4 is 11.7 Å². The minimum atomic E-state index is -5.72. The highest BCUT2D eigenvalue weighted by Gasteiger charge is 2.58. The third-order valence-electron chi connectivity index (χ3n) is 3.77. The Kier molecular flexibility index (Phi) is 7.06. The topological polar surface area (TPSA) is 81.2 Å². The maximum absolute atomic E-state index is 12.8. The molecular formula is C19H18F5N3O3. The van der Waals surface area contributed by atoms with Crippen LogP contribution < -0.4 is 10.1 Å². The normalized spacial score (nSPS) is 11.8. The van der Waals surface area contributed by atoms with Crippen LogP contribution in [0.3, 0.4) is 0 Å². The van der Waals surface area contributed by atoms with Crippen molar-refractivity contribution < 1.29 is 36.3 Å². The fourth-order valence-electron chi connectivity index (χ4n) is 2.35. The van der Waals surface area contributed by atoms with Gasteiger partial charge in [0.05, 0.1) is 0 Å². The minimum absolute atomic E-state index is 0.0221. The van der Waals surface area contributed by atoms with Gasteiger partial charge in [-0.1, -0.05) is 6.07 Å². The van der Waals surface area contributed by atoms with E-state index in [1.54, 1.807) is 13.0 Å². The molecule has 0 aliphatic carbocycles. The summed E-state index contributed by atoms with van der Waals surface area (Å²) in [6, 6.07) is 5.54. The van der Waals surface area contributed by atoms with E-state index in [0.29, 0.717) is 22.5 Å². The van der Waals surface area contributed by atoms with Crippen LogP contribution in [-0.2, 0) is 17.8 Å². The Morgan fingerprint density at radius 3 is 2.40 bits per heavy atom. The molecule has 30 heavy (non-hydrogen) atoms. The van der Waals surface area contributed by atoms with Gasteiger partial charge in [-0.2, -0.15) is 22.0 Å². The monoisotopic (exact) mass is 431 g/mol. The van der Waals surface area contributed by atoms with Crippen molar-refractivity contribution in [2.45, 2.75) is 38.9 Å². The summed E-state index contributed by atoms with van der Waals surface area (Å²) in [5, 5.41) is 2.62. The molecule has 1 N–H and O–H groups in total. The van der Waals surface area contributed by atoms with E-state index in [2.05, 4.69) is 20.0 Å². The summed E-state index contributed by atoms with van der Waals surface area (Å²) in [6.07, 6.45) is -4.44. The number of nitrogens with zero attached hydrogens (tertiary/aromatic N) is 2. The van der Waals surface area contributed by atoms with Crippen LogP contribution in [0, 0.1) is 6.92 Å². The lowest BCUT2D eigenvalue weighted by atomic mass is 10.1. The summed E-state index contributed by atoms with van der Waals surface area (Å²) in [6.45, 7) is 1.23. The number of hydrogen-bond donors (Lipinski definition) is 1. The zero-order chi connectivity index (χ0) is 22.5. The van der Waals surface area contributed by atoms with E-state index in [1.807, 2.05) is 0 Å². The number of Topliss-reactive ketones (excluding diaryl/α,β-unsaturated/α-hetero) is 1. The lowest BCUT2D eigenvalue weighted by molar-refractivity contribution is -0.290. The van der Waals surface area contributed by atoms with Crippen molar-refractivity contribution in [1.29, 1.82) is 0 Å². The molecule has 2 rings (SSSR count). The quantitative estimate of drug-likeness (QED) is 0.648. The van der Waals surface area contributed by atoms with Gasteiger partial charge in [0.2, 0.25) is 5.88 Å². The summed E-state index contributed by atoms with van der Waals surface area (Å²) in [4.78, 5) is 31.4. The van der Waals surface area contributed by atoms with Crippen LogP contribution in [0.2, 0.25) is 0 Å². The molecule has 0 fully saturated rings. The third-order valence-corrected chi connectivity index (χ3v) is 3.77. The zero-order valence-corrected chi connectivity index (χ0v) is 16.0. The van der Waals surface area contributed by atoms with Crippen LogP contribution in [0.1, 0.15) is 34.2 Å². The second-order valence-corrected chi connectivity index (χ2v) is 6.55. The van der Waals surface area contributed by atoms with Crippen molar-refractivity contribution in [3.63, 3.8) is 0 Å². The predicted octanol–water partition coefficient (Wildman–Crippen LogP) is 3.42. The molecule has 0 radical (unpaired) electrons. The molecule has 6 nitrogen and oxygen atoms in total. The zero-order valence-electron chi connectivity index (χ0n) is 16.0. The molecule has 162 valence electrons. The highest BCUT2D eigenvalue weighted by molar-refractivity contribution is 5.94. The Morgan fingerprint density at radius 1 is 1.13 bits per heavy atom. The van der Waals surface area contributed by atoms with Gasteiger partial charge in [0.15, 0.2) is 6.61 Å². The maximum atomic E-state index is 12.8. The smallest absolute Gasteiger partial charge is 0.456 e. The molecule has 0 saturated carbocycles. The number of aromatic nitrogens is 2. The second-order valence-electron chi connectivity index (χ2n) is 6.55. The van der Waals surface area contributed by atoms with E-state index >= 15 is 0 Å². The first kappa shape index (κ1) is 23.2.